The van der Waals surface area contributed by atoms with Crippen molar-refractivity contribution < 1.29 is 23.5 Å². The molecule has 0 saturated heterocycles. The molecule has 0 fully saturated rings. The number of hydrogen-bond donors (Lipinski definition) is 0. The minimum atomic E-state index is -0.481. The number of aromatic nitrogens is 1. The van der Waals surface area contributed by atoms with E-state index in [0.717, 1.165) is 0 Å². The van der Waals surface area contributed by atoms with E-state index in [1.54, 1.807) is 30.5 Å². The summed E-state index contributed by atoms with van der Waals surface area (Å²) in [6.07, 6.45) is 1.52. The fraction of sp³-hybridized carbons (Fsp3) is 0.421. The van der Waals surface area contributed by atoms with Gasteiger partial charge >= 0.3 is 5.97 Å². The summed E-state index contributed by atoms with van der Waals surface area (Å²) in [6, 6.07) is 3.48. The highest BCUT2D eigenvalue weighted by atomic mass is 16.5. The Bertz CT molecular complexity index is 818. The van der Waals surface area contributed by atoms with Crippen molar-refractivity contribution in [2.45, 2.75) is 40.8 Å². The van der Waals surface area contributed by atoms with Crippen molar-refractivity contribution in [3.8, 4) is 0 Å². The van der Waals surface area contributed by atoms with Crippen LogP contribution in [0.15, 0.2) is 22.8 Å². The molecule has 7 heteroatoms. The zero-order valence-corrected chi connectivity index (χ0v) is 15.8. The summed E-state index contributed by atoms with van der Waals surface area (Å²) in [6.45, 7) is 7.48. The summed E-state index contributed by atoms with van der Waals surface area (Å²) in [5.41, 5.74) is 2.09. The van der Waals surface area contributed by atoms with E-state index in [1.165, 1.54) is 25.2 Å². The van der Waals surface area contributed by atoms with Gasteiger partial charge in [0.05, 0.1) is 26.5 Å². The van der Waals surface area contributed by atoms with Gasteiger partial charge in [-0.05, 0) is 38.5 Å². The monoisotopic (exact) mass is 360 g/mol. The first-order chi connectivity index (χ1) is 12.3. The van der Waals surface area contributed by atoms with Crippen molar-refractivity contribution in [2.24, 2.45) is 0 Å². The molecule has 0 aliphatic rings. The molecule has 0 saturated carbocycles. The van der Waals surface area contributed by atoms with Crippen LogP contribution in [0.1, 0.15) is 51.7 Å². The second-order valence-corrected chi connectivity index (χ2v) is 6.05. The Labute approximate surface area is 152 Å². The van der Waals surface area contributed by atoms with Crippen LogP contribution in [0.5, 0.6) is 0 Å². The van der Waals surface area contributed by atoms with Gasteiger partial charge < -0.3 is 18.6 Å². The number of carbonyl (C=O) groups excluding carboxylic acids is 3. The second-order valence-electron chi connectivity index (χ2n) is 6.05. The number of ketones is 1. The zero-order valence-electron chi connectivity index (χ0n) is 15.8. The highest BCUT2D eigenvalue weighted by molar-refractivity contribution is 6.04. The van der Waals surface area contributed by atoms with Crippen LogP contribution in [0.25, 0.3) is 0 Å². The maximum atomic E-state index is 12.9. The van der Waals surface area contributed by atoms with Crippen LogP contribution in [0, 0.1) is 13.8 Å². The molecule has 7 nitrogen and oxygen atoms in total. The van der Waals surface area contributed by atoms with Crippen molar-refractivity contribution in [1.29, 1.82) is 0 Å². The lowest BCUT2D eigenvalue weighted by Gasteiger charge is -2.19. The fourth-order valence-electron chi connectivity index (χ4n) is 3.18. The first-order valence-corrected chi connectivity index (χ1v) is 8.40. The average molecular weight is 360 g/mol. The molecule has 2 heterocycles. The number of esters is 1. The van der Waals surface area contributed by atoms with Crippen LogP contribution in [0.3, 0.4) is 0 Å². The molecule has 0 bridgehead atoms. The number of Topliss-reactive ketones (excluding diaryl/α,β-unsaturated/α-hetero) is 1. The topological polar surface area (TPSA) is 81.8 Å². The number of ether oxygens (including phenoxy) is 1. The minimum Gasteiger partial charge on any atom is -0.467 e. The molecule has 0 aliphatic carbocycles. The van der Waals surface area contributed by atoms with E-state index < -0.39 is 5.97 Å². The van der Waals surface area contributed by atoms with Crippen LogP contribution in [0.4, 0.5) is 0 Å². The Balaban J connectivity index is 2.35. The van der Waals surface area contributed by atoms with E-state index in [0.29, 0.717) is 34.8 Å². The lowest BCUT2D eigenvalue weighted by atomic mass is 10.1. The molecule has 0 aromatic carbocycles. The third-order valence-corrected chi connectivity index (χ3v) is 4.45. The maximum Gasteiger partial charge on any atom is 0.354 e. The Kier molecular flexibility index (Phi) is 6.02. The number of carbonyl (C=O) groups is 3. The van der Waals surface area contributed by atoms with E-state index in [-0.39, 0.29) is 24.8 Å². The molecule has 0 aliphatic heterocycles. The van der Waals surface area contributed by atoms with E-state index in [9.17, 15) is 14.4 Å². The van der Waals surface area contributed by atoms with Gasteiger partial charge in [0.25, 0.3) is 0 Å². The summed E-state index contributed by atoms with van der Waals surface area (Å²) in [5.74, 6) is -0.333. The van der Waals surface area contributed by atoms with Crippen molar-refractivity contribution in [3.63, 3.8) is 0 Å². The zero-order chi connectivity index (χ0) is 19.4. The molecular formula is C19H24N2O5. The molecule has 0 radical (unpaired) electrons. The Hall–Kier alpha value is -2.83. The summed E-state index contributed by atoms with van der Waals surface area (Å²) >= 11 is 0. The first-order valence-electron chi connectivity index (χ1n) is 8.40. The maximum absolute atomic E-state index is 12.9. The number of hydrogen-bond acceptors (Lipinski definition) is 5. The van der Waals surface area contributed by atoms with Gasteiger partial charge in [-0.15, -0.1) is 0 Å². The number of methoxy groups -OCH3 is 1. The van der Waals surface area contributed by atoms with Crippen LogP contribution in [-0.4, -0.2) is 40.8 Å². The quantitative estimate of drug-likeness (QED) is 0.560. The third-order valence-electron chi connectivity index (χ3n) is 4.45. The summed E-state index contributed by atoms with van der Waals surface area (Å²) in [7, 11) is 1.31. The molecule has 2 rings (SSSR count). The highest BCUT2D eigenvalue weighted by Gasteiger charge is 2.27. The van der Waals surface area contributed by atoms with Crippen molar-refractivity contribution in [1.82, 2.24) is 9.47 Å². The van der Waals surface area contributed by atoms with Crippen LogP contribution in [-0.2, 0) is 22.6 Å². The minimum absolute atomic E-state index is 0.0912. The summed E-state index contributed by atoms with van der Waals surface area (Å²) < 4.78 is 11.9. The van der Waals surface area contributed by atoms with Gasteiger partial charge in [0.2, 0.25) is 5.91 Å². The largest absolute Gasteiger partial charge is 0.467 e. The van der Waals surface area contributed by atoms with Gasteiger partial charge in [-0.3, -0.25) is 9.59 Å². The predicted octanol–water partition coefficient (Wildman–Crippen LogP) is 2.74. The summed E-state index contributed by atoms with van der Waals surface area (Å²) in [5, 5.41) is 0. The van der Waals surface area contributed by atoms with Crippen molar-refractivity contribution in [2.75, 3.05) is 13.7 Å². The molecule has 1 amide bonds. The summed E-state index contributed by atoms with van der Waals surface area (Å²) in [4.78, 5) is 38.4. The molecule has 140 valence electrons. The Morgan fingerprint density at radius 1 is 1.27 bits per heavy atom. The highest BCUT2D eigenvalue weighted by Crippen LogP contribution is 2.24. The lowest BCUT2D eigenvalue weighted by molar-refractivity contribution is -0.129. The number of nitrogens with zero attached hydrogens (tertiary/aromatic N) is 2. The van der Waals surface area contributed by atoms with Crippen LogP contribution < -0.4 is 0 Å². The third kappa shape index (κ3) is 3.71. The van der Waals surface area contributed by atoms with Crippen molar-refractivity contribution >= 4 is 17.7 Å². The molecule has 2 aromatic heterocycles. The van der Waals surface area contributed by atoms with Gasteiger partial charge in [-0.25, -0.2) is 4.79 Å². The number of amides is 1. The second kappa shape index (κ2) is 8.03. The predicted molar refractivity (Wildman–Crippen MR) is 95.0 cm³/mol. The molecule has 2 aromatic rings. The van der Waals surface area contributed by atoms with Crippen LogP contribution in [0.2, 0.25) is 0 Å². The van der Waals surface area contributed by atoms with E-state index in [2.05, 4.69) is 0 Å². The van der Waals surface area contributed by atoms with Crippen molar-refractivity contribution in [3.05, 3.63) is 46.7 Å². The number of rotatable bonds is 7. The number of furan rings is 1. The molecule has 0 spiro atoms. The first kappa shape index (κ1) is 19.5. The smallest absolute Gasteiger partial charge is 0.354 e. The van der Waals surface area contributed by atoms with E-state index >= 15 is 0 Å². The Morgan fingerprint density at radius 3 is 2.46 bits per heavy atom. The molecule has 0 atom stereocenters. The van der Waals surface area contributed by atoms with E-state index in [1.807, 2.05) is 6.92 Å². The standard InChI is InChI=1S/C19H24N2O5/c1-6-21-13(3)17(12(2)18(21)19(24)25-5)16(23)11-20(14(4)22)10-15-8-7-9-26-15/h7-9H,6,10-11H2,1-5H3. The molecule has 0 unspecified atom stereocenters. The van der Waals surface area contributed by atoms with E-state index in [4.69, 9.17) is 9.15 Å². The van der Waals surface area contributed by atoms with Gasteiger partial charge in [0, 0.05) is 24.7 Å². The fourth-order valence-corrected chi connectivity index (χ4v) is 3.18. The SMILES string of the molecule is CCn1c(C)c(C(=O)CN(Cc2ccco2)C(C)=O)c(C)c1C(=O)OC. The van der Waals surface area contributed by atoms with Gasteiger partial charge in [0.15, 0.2) is 5.78 Å². The van der Waals surface area contributed by atoms with Crippen LogP contribution >= 0.6 is 0 Å². The average Bonchev–Trinajstić information content (AvgIpc) is 3.19. The normalized spacial score (nSPS) is 10.7. The molecule has 26 heavy (non-hydrogen) atoms. The lowest BCUT2D eigenvalue weighted by Crippen LogP contribution is -2.33. The van der Waals surface area contributed by atoms with Gasteiger partial charge in [-0.1, -0.05) is 0 Å². The molecule has 0 N–H and O–H groups in total. The molecular weight excluding hydrogens is 336 g/mol. The van der Waals surface area contributed by atoms with Gasteiger partial charge in [0.1, 0.15) is 11.5 Å². The van der Waals surface area contributed by atoms with Gasteiger partial charge in [-0.2, -0.15) is 0 Å². The Morgan fingerprint density at radius 2 is 1.96 bits per heavy atom.